The molecule has 1 aliphatic heterocycles. The predicted molar refractivity (Wildman–Crippen MR) is 71.5 cm³/mol. The average Bonchev–Trinajstić information content (AvgIpc) is 2.74. The highest BCUT2D eigenvalue weighted by Gasteiger charge is 2.30. The topological polar surface area (TPSA) is 29.5 Å². The Morgan fingerprint density at radius 3 is 2.40 bits per heavy atom. The van der Waals surface area contributed by atoms with E-state index in [-0.39, 0.29) is 12.0 Å². The van der Waals surface area contributed by atoms with Crippen LogP contribution in [0.2, 0.25) is 0 Å². The van der Waals surface area contributed by atoms with E-state index in [1.807, 2.05) is 0 Å². The van der Waals surface area contributed by atoms with Crippen LogP contribution in [0.4, 0.5) is 13.6 Å². The highest BCUT2D eigenvalue weighted by molar-refractivity contribution is 5.68. The van der Waals surface area contributed by atoms with E-state index in [0.29, 0.717) is 25.1 Å². The van der Waals surface area contributed by atoms with Gasteiger partial charge in [-0.3, -0.25) is 0 Å². The van der Waals surface area contributed by atoms with Crippen molar-refractivity contribution in [2.24, 2.45) is 0 Å². The van der Waals surface area contributed by atoms with Gasteiger partial charge in [-0.05, 0) is 44.9 Å². The molecule has 20 heavy (non-hydrogen) atoms. The van der Waals surface area contributed by atoms with Crippen LogP contribution in [0, 0.1) is 11.6 Å². The molecule has 0 radical (unpaired) electrons. The van der Waals surface area contributed by atoms with Crippen LogP contribution >= 0.6 is 0 Å². The molecule has 2 rings (SSSR count). The summed E-state index contributed by atoms with van der Waals surface area (Å²) in [5.74, 6) is -1.22. The van der Waals surface area contributed by atoms with E-state index >= 15 is 0 Å². The number of benzene rings is 1. The first-order chi connectivity index (χ1) is 9.24. The molecular formula is C15H19F2NO2. The van der Waals surface area contributed by atoms with E-state index in [9.17, 15) is 13.6 Å². The molecule has 0 N–H and O–H groups in total. The van der Waals surface area contributed by atoms with Gasteiger partial charge in [0.2, 0.25) is 0 Å². The summed E-state index contributed by atoms with van der Waals surface area (Å²) < 4.78 is 31.7. The van der Waals surface area contributed by atoms with E-state index in [4.69, 9.17) is 4.74 Å². The quantitative estimate of drug-likeness (QED) is 0.786. The Hall–Kier alpha value is -1.65. The Bertz CT molecular complexity index is 491. The molecule has 110 valence electrons. The highest BCUT2D eigenvalue weighted by Crippen LogP contribution is 2.29. The number of likely N-dealkylation sites (tertiary alicyclic amines) is 1. The second-order valence-corrected chi connectivity index (χ2v) is 6.11. The van der Waals surface area contributed by atoms with E-state index in [1.54, 1.807) is 25.7 Å². The third-order valence-electron chi connectivity index (χ3n) is 3.20. The fourth-order valence-electron chi connectivity index (χ4n) is 2.34. The molecule has 1 aromatic carbocycles. The summed E-state index contributed by atoms with van der Waals surface area (Å²) in [5, 5.41) is 0. The first-order valence-corrected chi connectivity index (χ1v) is 6.68. The molecule has 0 aromatic heterocycles. The molecule has 1 saturated heterocycles. The maximum absolute atomic E-state index is 13.2. The molecule has 1 amide bonds. The van der Waals surface area contributed by atoms with Gasteiger partial charge in [0.05, 0.1) is 0 Å². The lowest BCUT2D eigenvalue weighted by atomic mass is 9.98. The summed E-state index contributed by atoms with van der Waals surface area (Å²) in [7, 11) is 0. The first kappa shape index (κ1) is 14.8. The van der Waals surface area contributed by atoms with Gasteiger partial charge in [0.25, 0.3) is 0 Å². The van der Waals surface area contributed by atoms with Crippen molar-refractivity contribution in [3.05, 3.63) is 35.4 Å². The number of hydrogen-bond acceptors (Lipinski definition) is 2. The van der Waals surface area contributed by atoms with Crippen molar-refractivity contribution in [2.75, 3.05) is 13.1 Å². The van der Waals surface area contributed by atoms with Crippen molar-refractivity contribution in [3.8, 4) is 0 Å². The zero-order valence-corrected chi connectivity index (χ0v) is 12.0. The Morgan fingerprint density at radius 2 is 1.85 bits per heavy atom. The number of carbonyl (C=O) groups is 1. The van der Waals surface area contributed by atoms with Crippen LogP contribution in [-0.4, -0.2) is 29.7 Å². The zero-order chi connectivity index (χ0) is 14.9. The molecule has 1 heterocycles. The van der Waals surface area contributed by atoms with Gasteiger partial charge in [-0.25, -0.2) is 13.6 Å². The fraction of sp³-hybridized carbons (Fsp3) is 0.533. The Kier molecular flexibility index (Phi) is 3.97. The summed E-state index contributed by atoms with van der Waals surface area (Å²) in [6.45, 7) is 6.39. The van der Waals surface area contributed by atoms with Gasteiger partial charge in [-0.15, -0.1) is 0 Å². The van der Waals surface area contributed by atoms with Crippen LogP contribution in [-0.2, 0) is 4.74 Å². The van der Waals surface area contributed by atoms with Gasteiger partial charge in [-0.1, -0.05) is 0 Å². The smallest absolute Gasteiger partial charge is 0.410 e. The first-order valence-electron chi connectivity index (χ1n) is 6.68. The van der Waals surface area contributed by atoms with Crippen molar-refractivity contribution in [1.29, 1.82) is 0 Å². The van der Waals surface area contributed by atoms with Crippen LogP contribution < -0.4 is 0 Å². The lowest BCUT2D eigenvalue weighted by Crippen LogP contribution is -2.35. The summed E-state index contributed by atoms with van der Waals surface area (Å²) in [6.07, 6.45) is 0.305. The lowest BCUT2D eigenvalue weighted by Gasteiger charge is -2.24. The number of rotatable bonds is 1. The Morgan fingerprint density at radius 1 is 1.25 bits per heavy atom. The van der Waals surface area contributed by atoms with Crippen LogP contribution in [0.5, 0.6) is 0 Å². The van der Waals surface area contributed by atoms with Crippen LogP contribution in [0.25, 0.3) is 0 Å². The van der Waals surface area contributed by atoms with Gasteiger partial charge >= 0.3 is 6.09 Å². The minimum absolute atomic E-state index is 0.0484. The molecule has 0 unspecified atom stereocenters. The molecule has 5 heteroatoms. The second kappa shape index (κ2) is 5.38. The van der Waals surface area contributed by atoms with Gasteiger partial charge in [0.1, 0.15) is 17.2 Å². The predicted octanol–water partition coefficient (Wildman–Crippen LogP) is 3.69. The van der Waals surface area contributed by atoms with Gasteiger partial charge in [0, 0.05) is 25.1 Å². The van der Waals surface area contributed by atoms with Gasteiger partial charge < -0.3 is 9.64 Å². The van der Waals surface area contributed by atoms with Gasteiger partial charge in [-0.2, -0.15) is 0 Å². The summed E-state index contributed by atoms with van der Waals surface area (Å²) in [4.78, 5) is 13.5. The average molecular weight is 283 g/mol. The molecule has 1 aromatic rings. The zero-order valence-electron chi connectivity index (χ0n) is 12.0. The normalized spacial score (nSPS) is 19.2. The van der Waals surface area contributed by atoms with Gasteiger partial charge in [0.15, 0.2) is 0 Å². The minimum atomic E-state index is -0.587. The molecule has 0 aliphatic carbocycles. The van der Waals surface area contributed by atoms with Crippen molar-refractivity contribution in [1.82, 2.24) is 4.90 Å². The molecule has 1 aliphatic rings. The molecule has 0 spiro atoms. The standard InChI is InChI=1S/C15H19F2NO2/c1-15(2,3)20-14(19)18-5-4-10(9-18)11-6-12(16)8-13(17)7-11/h6-8,10H,4-5,9H2,1-3H3/t10-/m1/s1. The fourth-order valence-corrected chi connectivity index (χ4v) is 2.34. The van der Waals surface area contributed by atoms with Crippen molar-refractivity contribution in [2.45, 2.75) is 38.7 Å². The number of ether oxygens (including phenoxy) is 1. The molecular weight excluding hydrogens is 264 g/mol. The largest absolute Gasteiger partial charge is 0.444 e. The monoisotopic (exact) mass is 283 g/mol. The number of carbonyl (C=O) groups excluding carboxylic acids is 1. The summed E-state index contributed by atoms with van der Waals surface area (Å²) in [6, 6.07) is 3.50. The Balaban J connectivity index is 2.03. The second-order valence-electron chi connectivity index (χ2n) is 6.11. The number of hydrogen-bond donors (Lipinski definition) is 0. The molecule has 0 bridgehead atoms. The van der Waals surface area contributed by atoms with Crippen LogP contribution in [0.3, 0.4) is 0 Å². The van der Waals surface area contributed by atoms with E-state index < -0.39 is 17.2 Å². The van der Waals surface area contributed by atoms with Crippen molar-refractivity contribution >= 4 is 6.09 Å². The third-order valence-corrected chi connectivity index (χ3v) is 3.20. The lowest BCUT2D eigenvalue weighted by molar-refractivity contribution is 0.0292. The van der Waals surface area contributed by atoms with E-state index in [1.165, 1.54) is 12.1 Å². The maximum Gasteiger partial charge on any atom is 0.410 e. The molecule has 1 fully saturated rings. The number of amides is 1. The highest BCUT2D eigenvalue weighted by atomic mass is 19.1. The van der Waals surface area contributed by atoms with E-state index in [2.05, 4.69) is 0 Å². The third kappa shape index (κ3) is 3.68. The number of nitrogens with zero attached hydrogens (tertiary/aromatic N) is 1. The van der Waals surface area contributed by atoms with Crippen molar-refractivity contribution < 1.29 is 18.3 Å². The van der Waals surface area contributed by atoms with E-state index in [0.717, 1.165) is 6.07 Å². The molecule has 3 nitrogen and oxygen atoms in total. The summed E-state index contributed by atoms with van der Waals surface area (Å²) >= 11 is 0. The van der Waals surface area contributed by atoms with Crippen molar-refractivity contribution in [3.63, 3.8) is 0 Å². The number of halogens is 2. The molecule has 1 atom stereocenters. The SMILES string of the molecule is CC(C)(C)OC(=O)N1CC[C@@H](c2cc(F)cc(F)c2)C1. The molecule has 0 saturated carbocycles. The van der Waals surface area contributed by atoms with Crippen LogP contribution in [0.1, 0.15) is 38.7 Å². The maximum atomic E-state index is 13.2. The Labute approximate surface area is 117 Å². The summed E-state index contributed by atoms with van der Waals surface area (Å²) in [5.41, 5.74) is 0.0497. The minimum Gasteiger partial charge on any atom is -0.444 e. The van der Waals surface area contributed by atoms with Crippen LogP contribution in [0.15, 0.2) is 18.2 Å².